The molecule has 0 spiro atoms. The molecule has 13 nitrogen and oxygen atoms in total. The van der Waals surface area contributed by atoms with Crippen molar-refractivity contribution >= 4 is 44.7 Å². The number of non-ortho nitro benzene ring substituents is 2. The van der Waals surface area contributed by atoms with Gasteiger partial charge in [-0.05, 0) is 12.1 Å². The van der Waals surface area contributed by atoms with Gasteiger partial charge >= 0.3 is 0 Å². The van der Waals surface area contributed by atoms with E-state index in [0.29, 0.717) is 32.1 Å². The zero-order valence-electron chi connectivity index (χ0n) is 19.9. The molecule has 0 radical (unpaired) electrons. The Hall–Kier alpha value is -4.44. The quantitative estimate of drug-likeness (QED) is 0.136. The predicted molar refractivity (Wildman–Crippen MR) is 137 cm³/mol. The van der Waals surface area contributed by atoms with Crippen LogP contribution in [0.4, 0.5) is 26.0 Å². The van der Waals surface area contributed by atoms with Gasteiger partial charge in [0.25, 0.3) is 17.2 Å². The minimum Gasteiger partial charge on any atom is -0.378 e. The summed E-state index contributed by atoms with van der Waals surface area (Å²) in [6, 6.07) is 6.17. The van der Waals surface area contributed by atoms with Crippen molar-refractivity contribution < 1.29 is 28.2 Å². The molecule has 0 bridgehead atoms. The van der Waals surface area contributed by atoms with Gasteiger partial charge in [-0.25, -0.2) is 23.3 Å². The van der Waals surface area contributed by atoms with Crippen molar-refractivity contribution in [2.75, 3.05) is 36.5 Å². The smallest absolute Gasteiger partial charge is 0.270 e. The van der Waals surface area contributed by atoms with Crippen molar-refractivity contribution in [2.24, 2.45) is 0 Å². The number of ether oxygens (including phenoxy) is 1. The van der Waals surface area contributed by atoms with Gasteiger partial charge in [0.05, 0.1) is 52.0 Å². The van der Waals surface area contributed by atoms with E-state index in [2.05, 4.69) is 31.0 Å². The number of rotatable bonds is 6. The number of imidazole rings is 1. The minimum absolute atomic E-state index is 0.0365. The summed E-state index contributed by atoms with van der Waals surface area (Å²) in [5.74, 6) is -0.911. The molecule has 39 heavy (non-hydrogen) atoms. The summed E-state index contributed by atoms with van der Waals surface area (Å²) in [4.78, 5) is 41.6. The van der Waals surface area contributed by atoms with E-state index in [-0.39, 0.29) is 39.3 Å². The van der Waals surface area contributed by atoms with E-state index in [0.717, 1.165) is 36.4 Å². The zero-order chi connectivity index (χ0) is 28.1. The van der Waals surface area contributed by atoms with Gasteiger partial charge in [-0.1, -0.05) is 15.9 Å². The number of nitro benzene ring substituents is 2. The Bertz CT molecular complexity index is 1560. The summed E-state index contributed by atoms with van der Waals surface area (Å²) in [5.41, 5.74) is -0.495. The largest absolute Gasteiger partial charge is 0.378 e. The molecule has 1 saturated heterocycles. The average molecular weight is 606 g/mol. The van der Waals surface area contributed by atoms with Gasteiger partial charge in [-0.3, -0.25) is 25.0 Å². The average Bonchev–Trinajstić information content (AvgIpc) is 3.37. The second kappa shape index (κ2) is 12.0. The lowest BCUT2D eigenvalue weighted by Crippen LogP contribution is -2.37. The number of benzene rings is 2. The SMILES string of the molecule is O=C(CBr)c1cc([N+](=O)[O-])ccc1F.O=[N+]([O-])c1ccc(F)c(-c2cn3nc(N4CCOCC4)cnc3n2)c1. The van der Waals surface area contributed by atoms with E-state index in [9.17, 15) is 33.8 Å². The number of Topliss-reactive ketones (excluding diaryl/α,β-unsaturated/α-hetero) is 1. The summed E-state index contributed by atoms with van der Waals surface area (Å²) >= 11 is 2.86. The van der Waals surface area contributed by atoms with Crippen LogP contribution in [0.1, 0.15) is 10.4 Å². The number of ketones is 1. The molecule has 4 aromatic rings. The van der Waals surface area contributed by atoms with Crippen LogP contribution >= 0.6 is 15.9 Å². The fourth-order valence-corrected chi connectivity index (χ4v) is 3.88. The number of hydrogen-bond acceptors (Lipinski definition) is 10. The van der Waals surface area contributed by atoms with Gasteiger partial charge in [0.1, 0.15) is 11.6 Å². The van der Waals surface area contributed by atoms with Gasteiger partial charge in [0, 0.05) is 42.9 Å². The molecular weight excluding hydrogens is 588 g/mol. The van der Waals surface area contributed by atoms with E-state index in [4.69, 9.17) is 4.74 Å². The highest BCUT2D eigenvalue weighted by Crippen LogP contribution is 2.26. The van der Waals surface area contributed by atoms with E-state index in [1.54, 1.807) is 6.20 Å². The van der Waals surface area contributed by atoms with Crippen LogP contribution in [0.2, 0.25) is 0 Å². The lowest BCUT2D eigenvalue weighted by Gasteiger charge is -2.27. The van der Waals surface area contributed by atoms with Crippen molar-refractivity contribution in [2.45, 2.75) is 0 Å². The minimum atomic E-state index is -0.750. The van der Waals surface area contributed by atoms with Crippen LogP contribution < -0.4 is 4.90 Å². The standard InChI is InChI=1S/C15H13FN6O3.C8H5BrFNO3/c16-12-2-1-10(22(23)24)7-11(12)13-9-21-15(18-13)17-8-14(19-21)20-3-5-25-6-4-20;9-4-8(12)6-3-5(11(13)14)1-2-7(6)10/h1-2,7-9H,3-6H2;1-3H,4H2. The fourth-order valence-electron chi connectivity index (χ4n) is 3.58. The summed E-state index contributed by atoms with van der Waals surface area (Å²) in [6.07, 6.45) is 3.11. The number of morpholine rings is 1. The summed E-state index contributed by atoms with van der Waals surface area (Å²) in [6.45, 7) is 2.66. The van der Waals surface area contributed by atoms with Crippen LogP contribution in [0.3, 0.4) is 0 Å². The first-order valence-corrected chi connectivity index (χ1v) is 12.3. The summed E-state index contributed by atoms with van der Waals surface area (Å²) in [5, 5.41) is 25.6. The second-order valence-electron chi connectivity index (χ2n) is 7.99. The van der Waals surface area contributed by atoms with Gasteiger partial charge in [0.15, 0.2) is 11.6 Å². The van der Waals surface area contributed by atoms with Crippen LogP contribution in [0.25, 0.3) is 17.0 Å². The maximum Gasteiger partial charge on any atom is 0.270 e. The van der Waals surface area contributed by atoms with E-state index in [1.165, 1.54) is 10.7 Å². The molecule has 0 amide bonds. The number of aromatic nitrogens is 4. The Labute approximate surface area is 226 Å². The molecule has 0 N–H and O–H groups in total. The highest BCUT2D eigenvalue weighted by Gasteiger charge is 2.18. The molecule has 1 aliphatic heterocycles. The maximum atomic E-state index is 14.1. The Balaban J connectivity index is 0.000000215. The number of nitro groups is 2. The molecule has 0 unspecified atom stereocenters. The van der Waals surface area contributed by atoms with E-state index < -0.39 is 27.3 Å². The highest BCUT2D eigenvalue weighted by atomic mass is 79.9. The molecule has 2 aromatic carbocycles. The number of carbonyl (C=O) groups is 1. The van der Waals surface area contributed by atoms with Gasteiger partial charge in [-0.15, -0.1) is 5.10 Å². The monoisotopic (exact) mass is 605 g/mol. The Morgan fingerprint density at radius 3 is 2.31 bits per heavy atom. The number of carbonyl (C=O) groups excluding carboxylic acids is 1. The molecule has 2 aromatic heterocycles. The van der Waals surface area contributed by atoms with Crippen LogP contribution in [0.5, 0.6) is 0 Å². The second-order valence-corrected chi connectivity index (χ2v) is 8.55. The first-order chi connectivity index (χ1) is 18.7. The topological polar surface area (TPSA) is 159 Å². The molecular formula is C23H18BrF2N7O6. The van der Waals surface area contributed by atoms with E-state index >= 15 is 0 Å². The number of hydrogen-bond donors (Lipinski definition) is 0. The molecule has 3 heterocycles. The number of alkyl halides is 1. The molecule has 1 fully saturated rings. The van der Waals surface area contributed by atoms with Crippen molar-refractivity contribution in [1.29, 1.82) is 0 Å². The van der Waals surface area contributed by atoms with Crippen molar-refractivity contribution in [3.63, 3.8) is 0 Å². The number of fused-ring (bicyclic) bond motifs is 1. The first-order valence-electron chi connectivity index (χ1n) is 11.2. The third-order valence-electron chi connectivity index (χ3n) is 5.53. The van der Waals surface area contributed by atoms with Crippen molar-refractivity contribution in [1.82, 2.24) is 19.6 Å². The maximum absolute atomic E-state index is 14.1. The van der Waals surface area contributed by atoms with Crippen LogP contribution in [-0.4, -0.2) is 66.8 Å². The van der Waals surface area contributed by atoms with Gasteiger partial charge < -0.3 is 9.64 Å². The zero-order valence-corrected chi connectivity index (χ0v) is 21.5. The molecule has 5 rings (SSSR count). The molecule has 16 heteroatoms. The molecule has 0 atom stereocenters. The molecule has 202 valence electrons. The van der Waals surface area contributed by atoms with Crippen LogP contribution in [-0.2, 0) is 4.74 Å². The first kappa shape index (κ1) is 27.6. The lowest BCUT2D eigenvalue weighted by atomic mass is 10.1. The highest BCUT2D eigenvalue weighted by molar-refractivity contribution is 9.09. The van der Waals surface area contributed by atoms with E-state index in [1.807, 2.05) is 4.90 Å². The third-order valence-corrected chi connectivity index (χ3v) is 6.04. The Morgan fingerprint density at radius 2 is 1.67 bits per heavy atom. The van der Waals surface area contributed by atoms with Gasteiger partial charge in [-0.2, -0.15) is 0 Å². The van der Waals surface area contributed by atoms with Crippen LogP contribution in [0.15, 0.2) is 48.8 Å². The number of anilines is 1. The lowest BCUT2D eigenvalue weighted by molar-refractivity contribution is -0.385. The normalized spacial score (nSPS) is 13.1. The number of halogens is 3. The fraction of sp³-hybridized carbons (Fsp3) is 0.217. The molecule has 0 aliphatic carbocycles. The van der Waals surface area contributed by atoms with Crippen molar-refractivity contribution in [3.05, 3.63) is 86.2 Å². The Kier molecular flexibility index (Phi) is 8.46. The third kappa shape index (κ3) is 6.35. The summed E-state index contributed by atoms with van der Waals surface area (Å²) in [7, 11) is 0. The summed E-state index contributed by atoms with van der Waals surface area (Å²) < 4.78 is 33.8. The molecule has 0 saturated carbocycles. The Morgan fingerprint density at radius 1 is 1.03 bits per heavy atom. The predicted octanol–water partition coefficient (Wildman–Crippen LogP) is 3.99. The molecule has 1 aliphatic rings. The van der Waals surface area contributed by atoms with Crippen molar-refractivity contribution in [3.8, 4) is 11.3 Å². The number of nitrogens with zero attached hydrogens (tertiary/aromatic N) is 7. The van der Waals surface area contributed by atoms with Crippen LogP contribution in [0, 0.1) is 31.9 Å². The van der Waals surface area contributed by atoms with Gasteiger partial charge in [0.2, 0.25) is 0 Å².